The summed E-state index contributed by atoms with van der Waals surface area (Å²) in [6.07, 6.45) is 2.88. The fourth-order valence-corrected chi connectivity index (χ4v) is 2.65. The van der Waals surface area contributed by atoms with E-state index in [1.165, 1.54) is 5.39 Å². The number of nitrogens with zero attached hydrogens (tertiary/aromatic N) is 1. The second kappa shape index (κ2) is 4.94. The Morgan fingerprint density at radius 1 is 1.17 bits per heavy atom. The van der Waals surface area contributed by atoms with Gasteiger partial charge >= 0.3 is 0 Å². The van der Waals surface area contributed by atoms with Gasteiger partial charge in [0, 0.05) is 11.9 Å². The number of para-hydroxylation sites is 1. The number of anilines is 1. The summed E-state index contributed by atoms with van der Waals surface area (Å²) in [5.74, 6) is 1.50. The molecule has 94 valence electrons. The van der Waals surface area contributed by atoms with Crippen molar-refractivity contribution in [3.05, 3.63) is 36.4 Å². The molecule has 1 fully saturated rings. The lowest BCUT2D eigenvalue weighted by molar-refractivity contribution is 0.178. The third kappa shape index (κ3) is 2.46. The van der Waals surface area contributed by atoms with Crippen LogP contribution in [0.3, 0.4) is 0 Å². The number of hydrogen-bond donors (Lipinski definition) is 2. The van der Waals surface area contributed by atoms with Gasteiger partial charge in [-0.25, -0.2) is 4.98 Å². The van der Waals surface area contributed by atoms with Crippen molar-refractivity contribution in [1.29, 1.82) is 0 Å². The number of fused-ring (bicyclic) bond motifs is 1. The Morgan fingerprint density at radius 3 is 2.89 bits per heavy atom. The van der Waals surface area contributed by atoms with Gasteiger partial charge in [-0.2, -0.15) is 0 Å². The number of aliphatic hydroxyl groups excluding tert-OH is 1. The van der Waals surface area contributed by atoms with Crippen molar-refractivity contribution in [1.82, 2.24) is 4.98 Å². The highest BCUT2D eigenvalue weighted by atomic mass is 16.3. The summed E-state index contributed by atoms with van der Waals surface area (Å²) < 4.78 is 0. The van der Waals surface area contributed by atoms with Crippen LogP contribution in [-0.4, -0.2) is 22.7 Å². The number of aromatic nitrogens is 1. The summed E-state index contributed by atoms with van der Waals surface area (Å²) in [5, 5.41) is 14.0. The van der Waals surface area contributed by atoms with Crippen LogP contribution >= 0.6 is 0 Å². The lowest BCUT2D eigenvalue weighted by Crippen LogP contribution is -2.13. The second-order valence-electron chi connectivity index (χ2n) is 5.10. The minimum absolute atomic E-state index is 0.0960. The molecule has 2 atom stereocenters. The average molecular weight is 242 g/mol. The van der Waals surface area contributed by atoms with Crippen LogP contribution in [0.2, 0.25) is 0 Å². The first kappa shape index (κ1) is 11.5. The zero-order valence-corrected chi connectivity index (χ0v) is 10.3. The Kier molecular flexibility index (Phi) is 3.15. The predicted molar refractivity (Wildman–Crippen MR) is 73.6 cm³/mol. The summed E-state index contributed by atoms with van der Waals surface area (Å²) in [6, 6.07) is 12.2. The van der Waals surface area contributed by atoms with Crippen molar-refractivity contribution in [2.45, 2.75) is 25.4 Å². The molecule has 2 aromatic rings. The molecular weight excluding hydrogens is 224 g/mol. The van der Waals surface area contributed by atoms with Crippen molar-refractivity contribution in [2.75, 3.05) is 11.9 Å². The first-order valence-corrected chi connectivity index (χ1v) is 6.59. The molecule has 0 aliphatic heterocycles. The van der Waals surface area contributed by atoms with Gasteiger partial charge in [0.05, 0.1) is 11.6 Å². The summed E-state index contributed by atoms with van der Waals surface area (Å²) >= 11 is 0. The summed E-state index contributed by atoms with van der Waals surface area (Å²) in [4.78, 5) is 4.58. The molecule has 2 unspecified atom stereocenters. The molecule has 3 nitrogen and oxygen atoms in total. The fourth-order valence-electron chi connectivity index (χ4n) is 2.65. The Hall–Kier alpha value is -1.61. The van der Waals surface area contributed by atoms with Crippen molar-refractivity contribution >= 4 is 16.7 Å². The van der Waals surface area contributed by atoms with Crippen LogP contribution in [0.15, 0.2) is 36.4 Å². The molecule has 18 heavy (non-hydrogen) atoms. The zero-order chi connectivity index (χ0) is 12.4. The minimum Gasteiger partial charge on any atom is -0.393 e. The minimum atomic E-state index is -0.0960. The molecule has 1 aromatic heterocycles. The number of rotatable bonds is 3. The normalized spacial score (nSPS) is 23.4. The number of pyridine rings is 1. The van der Waals surface area contributed by atoms with Crippen molar-refractivity contribution in [3.8, 4) is 0 Å². The number of hydrogen-bond acceptors (Lipinski definition) is 3. The highest BCUT2D eigenvalue weighted by molar-refractivity contribution is 5.79. The lowest BCUT2D eigenvalue weighted by atomic mass is 10.1. The van der Waals surface area contributed by atoms with Gasteiger partial charge in [0.15, 0.2) is 0 Å². The van der Waals surface area contributed by atoms with Gasteiger partial charge in [-0.1, -0.05) is 18.2 Å². The van der Waals surface area contributed by atoms with Gasteiger partial charge in [0.2, 0.25) is 0 Å². The van der Waals surface area contributed by atoms with E-state index >= 15 is 0 Å². The molecule has 0 bridgehead atoms. The lowest BCUT2D eigenvalue weighted by Gasteiger charge is -2.11. The van der Waals surface area contributed by atoms with E-state index in [2.05, 4.69) is 22.4 Å². The molecule has 1 aliphatic carbocycles. The van der Waals surface area contributed by atoms with Crippen LogP contribution in [-0.2, 0) is 0 Å². The number of nitrogens with one attached hydrogen (secondary N) is 1. The maximum Gasteiger partial charge on any atom is 0.126 e. The molecule has 2 N–H and O–H groups in total. The maximum atomic E-state index is 9.49. The van der Waals surface area contributed by atoms with E-state index in [9.17, 15) is 5.11 Å². The number of aliphatic hydroxyl groups is 1. The van der Waals surface area contributed by atoms with Crippen LogP contribution in [0.4, 0.5) is 5.82 Å². The van der Waals surface area contributed by atoms with Gasteiger partial charge in [0.25, 0.3) is 0 Å². The van der Waals surface area contributed by atoms with E-state index in [-0.39, 0.29) is 6.10 Å². The topological polar surface area (TPSA) is 45.1 Å². The molecule has 1 heterocycles. The number of benzene rings is 1. The van der Waals surface area contributed by atoms with Gasteiger partial charge in [-0.3, -0.25) is 0 Å². The largest absolute Gasteiger partial charge is 0.393 e. The Morgan fingerprint density at radius 2 is 2.06 bits per heavy atom. The standard InChI is InChI=1S/C15H18N2O/c18-13-7-5-11(9-13)10-16-15-8-6-12-3-1-2-4-14(12)17-15/h1-4,6,8,11,13,18H,5,7,9-10H2,(H,16,17). The molecule has 1 saturated carbocycles. The van der Waals surface area contributed by atoms with E-state index < -0.39 is 0 Å². The Balaban J connectivity index is 1.67. The van der Waals surface area contributed by atoms with E-state index in [0.29, 0.717) is 5.92 Å². The smallest absolute Gasteiger partial charge is 0.126 e. The Labute approximate surface area is 107 Å². The molecule has 3 rings (SSSR count). The highest BCUT2D eigenvalue weighted by Crippen LogP contribution is 2.25. The molecular formula is C15H18N2O. The summed E-state index contributed by atoms with van der Waals surface area (Å²) in [5.41, 5.74) is 1.02. The first-order chi connectivity index (χ1) is 8.81. The van der Waals surface area contributed by atoms with Gasteiger partial charge < -0.3 is 10.4 Å². The molecule has 0 amide bonds. The summed E-state index contributed by atoms with van der Waals surface area (Å²) in [7, 11) is 0. The average Bonchev–Trinajstić information content (AvgIpc) is 2.82. The molecule has 0 saturated heterocycles. The second-order valence-corrected chi connectivity index (χ2v) is 5.10. The SMILES string of the molecule is OC1CCC(CNc2ccc3ccccc3n2)C1. The van der Waals surface area contributed by atoms with Gasteiger partial charge in [-0.05, 0) is 43.4 Å². The molecule has 1 aliphatic rings. The molecule has 0 spiro atoms. The van der Waals surface area contributed by atoms with Gasteiger partial charge in [-0.15, -0.1) is 0 Å². The third-order valence-electron chi connectivity index (χ3n) is 3.68. The first-order valence-electron chi connectivity index (χ1n) is 6.59. The van der Waals surface area contributed by atoms with Crippen LogP contribution in [0.1, 0.15) is 19.3 Å². The molecule has 3 heteroatoms. The van der Waals surface area contributed by atoms with Gasteiger partial charge in [0.1, 0.15) is 5.82 Å². The van der Waals surface area contributed by atoms with E-state index in [0.717, 1.165) is 37.1 Å². The zero-order valence-electron chi connectivity index (χ0n) is 10.3. The van der Waals surface area contributed by atoms with Crippen molar-refractivity contribution < 1.29 is 5.11 Å². The van der Waals surface area contributed by atoms with Crippen LogP contribution < -0.4 is 5.32 Å². The van der Waals surface area contributed by atoms with Crippen LogP contribution in [0, 0.1) is 5.92 Å². The third-order valence-corrected chi connectivity index (χ3v) is 3.68. The maximum absolute atomic E-state index is 9.49. The highest BCUT2D eigenvalue weighted by Gasteiger charge is 2.22. The summed E-state index contributed by atoms with van der Waals surface area (Å²) in [6.45, 7) is 0.905. The fraction of sp³-hybridized carbons (Fsp3) is 0.400. The van der Waals surface area contributed by atoms with E-state index in [1.807, 2.05) is 24.3 Å². The Bertz CT molecular complexity index is 541. The van der Waals surface area contributed by atoms with E-state index in [4.69, 9.17) is 0 Å². The quantitative estimate of drug-likeness (QED) is 0.870. The van der Waals surface area contributed by atoms with Crippen molar-refractivity contribution in [3.63, 3.8) is 0 Å². The van der Waals surface area contributed by atoms with Crippen LogP contribution in [0.5, 0.6) is 0 Å². The molecule has 1 aromatic carbocycles. The monoisotopic (exact) mass is 242 g/mol. The molecule has 0 radical (unpaired) electrons. The van der Waals surface area contributed by atoms with Crippen LogP contribution in [0.25, 0.3) is 10.9 Å². The predicted octanol–water partition coefficient (Wildman–Crippen LogP) is 2.81. The van der Waals surface area contributed by atoms with E-state index in [1.54, 1.807) is 0 Å². The van der Waals surface area contributed by atoms with Crippen molar-refractivity contribution in [2.24, 2.45) is 5.92 Å².